The summed E-state index contributed by atoms with van der Waals surface area (Å²) < 4.78 is 21.9. The number of benzene rings is 3. The van der Waals surface area contributed by atoms with Gasteiger partial charge in [0.05, 0.1) is 20.4 Å². The van der Waals surface area contributed by atoms with E-state index < -0.39 is 5.91 Å². The number of para-hydroxylation sites is 2. The van der Waals surface area contributed by atoms with E-state index in [-0.39, 0.29) is 6.61 Å². The zero-order valence-corrected chi connectivity index (χ0v) is 18.5. The van der Waals surface area contributed by atoms with Crippen molar-refractivity contribution in [2.45, 2.75) is 6.61 Å². The summed E-state index contributed by atoms with van der Waals surface area (Å²) in [5, 5.41) is 4.60. The fourth-order valence-corrected chi connectivity index (χ4v) is 2.94. The summed E-state index contributed by atoms with van der Waals surface area (Å²) in [6, 6.07) is 19.9. The largest absolute Gasteiger partial charge is 0.493 e. The first-order valence-corrected chi connectivity index (χ1v) is 10.1. The summed E-state index contributed by atoms with van der Waals surface area (Å²) in [7, 11) is 3.09. The maximum Gasteiger partial charge on any atom is 0.277 e. The van der Waals surface area contributed by atoms with Gasteiger partial charge >= 0.3 is 0 Å². The van der Waals surface area contributed by atoms with E-state index in [0.29, 0.717) is 34.6 Å². The molecule has 0 radical (unpaired) electrons. The maximum absolute atomic E-state index is 12.0. The quantitative estimate of drug-likeness (QED) is 0.361. The van der Waals surface area contributed by atoms with Crippen molar-refractivity contribution in [3.63, 3.8) is 0 Å². The number of nitrogens with zero attached hydrogens (tertiary/aromatic N) is 1. The van der Waals surface area contributed by atoms with Crippen LogP contribution in [0.5, 0.6) is 23.0 Å². The van der Waals surface area contributed by atoms with Gasteiger partial charge in [-0.2, -0.15) is 5.10 Å². The van der Waals surface area contributed by atoms with Crippen LogP contribution < -0.4 is 24.4 Å². The number of amides is 1. The van der Waals surface area contributed by atoms with Crippen LogP contribution in [0.15, 0.2) is 71.8 Å². The van der Waals surface area contributed by atoms with Gasteiger partial charge in [-0.15, -0.1) is 0 Å². The zero-order valence-electron chi connectivity index (χ0n) is 17.7. The van der Waals surface area contributed by atoms with E-state index in [0.717, 1.165) is 11.1 Å². The molecule has 0 saturated heterocycles. The lowest BCUT2D eigenvalue weighted by atomic mass is 10.2. The van der Waals surface area contributed by atoms with Gasteiger partial charge in [-0.05, 0) is 42.0 Å². The van der Waals surface area contributed by atoms with E-state index in [4.69, 9.17) is 30.5 Å². The number of hydrazone groups is 1. The Morgan fingerprint density at radius 1 is 0.906 bits per heavy atom. The van der Waals surface area contributed by atoms with Gasteiger partial charge in [0.2, 0.25) is 0 Å². The third-order valence-corrected chi connectivity index (χ3v) is 4.73. The second-order valence-electron chi connectivity index (χ2n) is 6.52. The summed E-state index contributed by atoms with van der Waals surface area (Å²) >= 11 is 6.17. The highest BCUT2D eigenvalue weighted by Crippen LogP contribution is 2.29. The predicted molar refractivity (Wildman–Crippen MR) is 123 cm³/mol. The van der Waals surface area contributed by atoms with Gasteiger partial charge in [-0.25, -0.2) is 5.43 Å². The molecular weight excluding hydrogens is 432 g/mol. The van der Waals surface area contributed by atoms with E-state index in [9.17, 15) is 4.79 Å². The average molecular weight is 455 g/mol. The van der Waals surface area contributed by atoms with E-state index in [1.165, 1.54) is 13.3 Å². The van der Waals surface area contributed by atoms with Crippen LogP contribution in [0, 0.1) is 0 Å². The molecule has 0 bridgehead atoms. The standard InChI is InChI=1S/C24H23ClN2O5/c1-29-20-9-5-6-10-21(20)32-16-24(28)27-26-14-17-11-12-22(23(13-17)30-2)31-15-18-7-3-4-8-19(18)25/h3-14H,15-16H2,1-2H3,(H,27,28)/b26-14+. The van der Waals surface area contributed by atoms with E-state index >= 15 is 0 Å². The molecule has 0 spiro atoms. The van der Waals surface area contributed by atoms with Gasteiger partial charge in [-0.1, -0.05) is 41.9 Å². The summed E-state index contributed by atoms with van der Waals surface area (Å²) in [6.45, 7) is 0.113. The van der Waals surface area contributed by atoms with Crippen molar-refractivity contribution in [2.75, 3.05) is 20.8 Å². The normalized spacial score (nSPS) is 10.6. The summed E-state index contributed by atoms with van der Waals surface area (Å²) in [5.74, 6) is 1.73. The van der Waals surface area contributed by atoms with Crippen molar-refractivity contribution in [2.24, 2.45) is 5.10 Å². The first-order valence-electron chi connectivity index (χ1n) is 9.72. The van der Waals surface area contributed by atoms with Crippen molar-refractivity contribution in [3.05, 3.63) is 82.9 Å². The van der Waals surface area contributed by atoms with E-state index in [1.807, 2.05) is 30.3 Å². The number of ether oxygens (including phenoxy) is 4. The number of carbonyl (C=O) groups excluding carboxylic acids is 1. The molecule has 0 aliphatic carbocycles. The number of carbonyl (C=O) groups is 1. The van der Waals surface area contributed by atoms with Crippen LogP contribution in [0.2, 0.25) is 5.02 Å². The molecule has 1 N–H and O–H groups in total. The average Bonchev–Trinajstić information content (AvgIpc) is 2.82. The Labute approximate surface area is 191 Å². The van der Waals surface area contributed by atoms with E-state index in [2.05, 4.69) is 10.5 Å². The van der Waals surface area contributed by atoms with Gasteiger partial charge in [0, 0.05) is 10.6 Å². The number of hydrogen-bond donors (Lipinski definition) is 1. The molecule has 3 aromatic rings. The highest BCUT2D eigenvalue weighted by molar-refractivity contribution is 6.31. The topological polar surface area (TPSA) is 78.4 Å². The van der Waals surface area contributed by atoms with Crippen LogP contribution in [0.25, 0.3) is 0 Å². The lowest BCUT2D eigenvalue weighted by molar-refractivity contribution is -0.123. The Kier molecular flexibility index (Phi) is 8.34. The Morgan fingerprint density at radius 2 is 1.59 bits per heavy atom. The molecule has 3 rings (SSSR count). The van der Waals surface area contributed by atoms with Crippen molar-refractivity contribution in [3.8, 4) is 23.0 Å². The highest BCUT2D eigenvalue weighted by atomic mass is 35.5. The van der Waals surface area contributed by atoms with Gasteiger partial charge < -0.3 is 18.9 Å². The first-order chi connectivity index (χ1) is 15.6. The van der Waals surface area contributed by atoms with Gasteiger partial charge in [-0.3, -0.25) is 4.79 Å². The Balaban J connectivity index is 1.54. The van der Waals surface area contributed by atoms with Crippen molar-refractivity contribution >= 4 is 23.7 Å². The van der Waals surface area contributed by atoms with Crippen molar-refractivity contribution in [1.82, 2.24) is 5.43 Å². The molecule has 0 heterocycles. The molecule has 0 atom stereocenters. The highest BCUT2D eigenvalue weighted by Gasteiger charge is 2.08. The zero-order chi connectivity index (χ0) is 22.8. The Morgan fingerprint density at radius 3 is 2.34 bits per heavy atom. The molecule has 7 nitrogen and oxygen atoms in total. The third-order valence-electron chi connectivity index (χ3n) is 4.36. The van der Waals surface area contributed by atoms with Crippen LogP contribution in [0.1, 0.15) is 11.1 Å². The summed E-state index contributed by atoms with van der Waals surface area (Å²) in [6.07, 6.45) is 1.50. The Bertz CT molecular complexity index is 1090. The fraction of sp³-hybridized carbons (Fsp3) is 0.167. The molecule has 0 aliphatic rings. The monoisotopic (exact) mass is 454 g/mol. The molecule has 3 aromatic carbocycles. The smallest absolute Gasteiger partial charge is 0.277 e. The minimum atomic E-state index is -0.404. The molecule has 8 heteroatoms. The van der Waals surface area contributed by atoms with Crippen LogP contribution in [0.4, 0.5) is 0 Å². The van der Waals surface area contributed by atoms with Crippen LogP contribution >= 0.6 is 11.6 Å². The Hall–Kier alpha value is -3.71. The number of methoxy groups -OCH3 is 2. The maximum atomic E-state index is 12.0. The van der Waals surface area contributed by atoms with Crippen molar-refractivity contribution < 1.29 is 23.7 Å². The SMILES string of the molecule is COc1ccccc1OCC(=O)N/N=C/c1ccc(OCc2ccccc2Cl)c(OC)c1. The van der Waals surface area contributed by atoms with Crippen LogP contribution in [-0.2, 0) is 11.4 Å². The minimum Gasteiger partial charge on any atom is -0.493 e. The number of rotatable bonds is 10. The molecule has 0 unspecified atom stereocenters. The van der Waals surface area contributed by atoms with Gasteiger partial charge in [0.25, 0.3) is 5.91 Å². The number of hydrogen-bond acceptors (Lipinski definition) is 6. The van der Waals surface area contributed by atoms with Crippen LogP contribution in [0.3, 0.4) is 0 Å². The number of halogens is 1. The molecule has 166 valence electrons. The molecule has 0 saturated carbocycles. The molecular formula is C24H23ClN2O5. The molecule has 0 aliphatic heterocycles. The number of nitrogens with one attached hydrogen (secondary N) is 1. The first kappa shape index (κ1) is 23.0. The van der Waals surface area contributed by atoms with Crippen molar-refractivity contribution in [1.29, 1.82) is 0 Å². The molecule has 32 heavy (non-hydrogen) atoms. The summed E-state index contributed by atoms with van der Waals surface area (Å²) in [5.41, 5.74) is 4.02. The molecule has 1 amide bonds. The third kappa shape index (κ3) is 6.39. The molecule has 0 aromatic heterocycles. The van der Waals surface area contributed by atoms with Gasteiger partial charge in [0.15, 0.2) is 29.6 Å². The second-order valence-corrected chi connectivity index (χ2v) is 6.93. The lowest BCUT2D eigenvalue weighted by Gasteiger charge is -2.12. The molecule has 0 fully saturated rings. The second kappa shape index (κ2) is 11.6. The fourth-order valence-electron chi connectivity index (χ4n) is 2.75. The summed E-state index contributed by atoms with van der Waals surface area (Å²) in [4.78, 5) is 12.0. The lowest BCUT2D eigenvalue weighted by Crippen LogP contribution is -2.24. The van der Waals surface area contributed by atoms with Gasteiger partial charge in [0.1, 0.15) is 6.61 Å². The van der Waals surface area contributed by atoms with E-state index in [1.54, 1.807) is 43.5 Å². The minimum absolute atomic E-state index is 0.199. The van der Waals surface area contributed by atoms with Crippen LogP contribution in [-0.4, -0.2) is 32.9 Å². The predicted octanol–water partition coefficient (Wildman–Crippen LogP) is 4.47.